The number of rotatable bonds is 23. The topological polar surface area (TPSA) is 52.6 Å². The number of hydrogen-bond acceptors (Lipinski definition) is 4. The zero-order valence-corrected chi connectivity index (χ0v) is 22.9. The van der Waals surface area contributed by atoms with Crippen LogP contribution in [0.5, 0.6) is 0 Å². The molecule has 0 fully saturated rings. The van der Waals surface area contributed by atoms with Crippen LogP contribution in [-0.4, -0.2) is 24.6 Å². The van der Waals surface area contributed by atoms with Crippen LogP contribution in [0, 0.1) is 5.41 Å². The van der Waals surface area contributed by atoms with Gasteiger partial charge in [-0.1, -0.05) is 124 Å². The molecule has 0 aliphatic rings. The summed E-state index contributed by atoms with van der Waals surface area (Å²) >= 11 is 0. The van der Waals surface area contributed by atoms with Crippen molar-refractivity contribution in [3.05, 3.63) is 0 Å². The highest BCUT2D eigenvalue weighted by atomic mass is 16.6. The largest absolute Gasteiger partial charge is 0.465 e. The van der Waals surface area contributed by atoms with E-state index in [2.05, 4.69) is 13.8 Å². The van der Waals surface area contributed by atoms with Crippen molar-refractivity contribution in [1.82, 2.24) is 0 Å². The van der Waals surface area contributed by atoms with E-state index >= 15 is 0 Å². The fraction of sp³-hybridized carbons (Fsp3) is 0.931. The van der Waals surface area contributed by atoms with Crippen molar-refractivity contribution < 1.29 is 19.1 Å². The summed E-state index contributed by atoms with van der Waals surface area (Å²) in [6, 6.07) is 0. The molecule has 4 heteroatoms. The standard InChI is InChI=1S/C29H56O4/c1-6-10-12-13-14-15-16-17-18-19-20-21-22-23-25-32-27(30)29(8-3,9-4)28(31)33-26(5)24-11-7-2/h26H,6-25H2,1-5H3. The highest BCUT2D eigenvalue weighted by Gasteiger charge is 2.46. The van der Waals surface area contributed by atoms with Crippen LogP contribution in [0.15, 0.2) is 0 Å². The van der Waals surface area contributed by atoms with Crippen molar-refractivity contribution in [2.24, 2.45) is 5.41 Å². The van der Waals surface area contributed by atoms with Crippen LogP contribution in [-0.2, 0) is 19.1 Å². The zero-order valence-electron chi connectivity index (χ0n) is 22.9. The van der Waals surface area contributed by atoms with E-state index in [1.54, 1.807) is 0 Å². The van der Waals surface area contributed by atoms with Gasteiger partial charge in [-0.2, -0.15) is 0 Å². The first kappa shape index (κ1) is 31.9. The van der Waals surface area contributed by atoms with Crippen LogP contribution in [0.3, 0.4) is 0 Å². The number of hydrogen-bond donors (Lipinski definition) is 0. The first-order valence-electron chi connectivity index (χ1n) is 14.4. The second kappa shape index (κ2) is 21.5. The van der Waals surface area contributed by atoms with Gasteiger partial charge < -0.3 is 9.47 Å². The monoisotopic (exact) mass is 468 g/mol. The van der Waals surface area contributed by atoms with E-state index in [1.807, 2.05) is 20.8 Å². The van der Waals surface area contributed by atoms with E-state index in [0.29, 0.717) is 19.4 Å². The molecule has 0 heterocycles. The molecule has 0 spiro atoms. The molecule has 0 aromatic heterocycles. The van der Waals surface area contributed by atoms with Crippen LogP contribution in [0.25, 0.3) is 0 Å². The van der Waals surface area contributed by atoms with Crippen molar-refractivity contribution >= 4 is 11.9 Å². The summed E-state index contributed by atoms with van der Waals surface area (Å²) in [7, 11) is 0. The Morgan fingerprint density at radius 3 is 1.45 bits per heavy atom. The molecule has 1 atom stereocenters. The SMILES string of the molecule is CCCCCCCCCCCCCCCCOC(=O)C(CC)(CC)C(=O)OC(C)CCCC. The van der Waals surface area contributed by atoms with E-state index in [0.717, 1.165) is 32.1 Å². The Hall–Kier alpha value is -1.06. The summed E-state index contributed by atoms with van der Waals surface area (Å²) in [6.45, 7) is 10.4. The molecule has 0 amide bonds. The lowest BCUT2D eigenvalue weighted by molar-refractivity contribution is -0.176. The van der Waals surface area contributed by atoms with Gasteiger partial charge in [0.2, 0.25) is 0 Å². The van der Waals surface area contributed by atoms with Gasteiger partial charge in [0.05, 0.1) is 12.7 Å². The summed E-state index contributed by atoms with van der Waals surface area (Å²) in [6.07, 6.45) is 21.8. The first-order valence-corrected chi connectivity index (χ1v) is 14.4. The van der Waals surface area contributed by atoms with Crippen molar-refractivity contribution in [1.29, 1.82) is 0 Å². The maximum absolute atomic E-state index is 12.8. The number of carbonyl (C=O) groups is 2. The van der Waals surface area contributed by atoms with Crippen LogP contribution in [0.4, 0.5) is 0 Å². The maximum atomic E-state index is 12.8. The summed E-state index contributed by atoms with van der Waals surface area (Å²) < 4.78 is 11.2. The van der Waals surface area contributed by atoms with Gasteiger partial charge in [0, 0.05) is 0 Å². The van der Waals surface area contributed by atoms with Gasteiger partial charge in [0.15, 0.2) is 5.41 Å². The smallest absolute Gasteiger partial charge is 0.323 e. The Labute approximate surface area is 206 Å². The first-order chi connectivity index (χ1) is 16.0. The Balaban J connectivity index is 3.92. The van der Waals surface area contributed by atoms with E-state index < -0.39 is 17.4 Å². The average Bonchev–Trinajstić information content (AvgIpc) is 2.81. The molecule has 0 N–H and O–H groups in total. The zero-order chi connectivity index (χ0) is 24.8. The lowest BCUT2D eigenvalue weighted by atomic mass is 9.82. The number of ether oxygens (including phenoxy) is 2. The molecule has 0 saturated heterocycles. The van der Waals surface area contributed by atoms with Crippen molar-refractivity contribution in [3.63, 3.8) is 0 Å². The lowest BCUT2D eigenvalue weighted by Crippen LogP contribution is -2.42. The minimum absolute atomic E-state index is 0.159. The summed E-state index contributed by atoms with van der Waals surface area (Å²) in [5, 5.41) is 0. The van der Waals surface area contributed by atoms with Crippen molar-refractivity contribution in [2.75, 3.05) is 6.61 Å². The van der Waals surface area contributed by atoms with Gasteiger partial charge in [-0.15, -0.1) is 0 Å². The minimum atomic E-state index is -1.16. The number of unbranched alkanes of at least 4 members (excludes halogenated alkanes) is 14. The van der Waals surface area contributed by atoms with E-state index in [1.165, 1.54) is 77.0 Å². The molecule has 0 aromatic rings. The maximum Gasteiger partial charge on any atom is 0.323 e. The predicted molar refractivity (Wildman–Crippen MR) is 139 cm³/mol. The predicted octanol–water partition coefficient (Wildman–Crippen LogP) is 8.94. The summed E-state index contributed by atoms with van der Waals surface area (Å²) in [4.78, 5) is 25.6. The molecule has 0 aromatic carbocycles. The second-order valence-corrected chi connectivity index (χ2v) is 9.88. The lowest BCUT2D eigenvalue weighted by Gasteiger charge is -2.28. The Bertz CT molecular complexity index is 470. The second-order valence-electron chi connectivity index (χ2n) is 9.88. The van der Waals surface area contributed by atoms with Gasteiger partial charge in [-0.05, 0) is 32.6 Å². The Morgan fingerprint density at radius 1 is 0.606 bits per heavy atom. The third kappa shape index (κ3) is 14.7. The minimum Gasteiger partial charge on any atom is -0.465 e. The molecule has 196 valence electrons. The Morgan fingerprint density at radius 2 is 1.03 bits per heavy atom. The molecule has 4 nitrogen and oxygen atoms in total. The molecule has 0 rings (SSSR count). The van der Waals surface area contributed by atoms with E-state index in [4.69, 9.17) is 9.47 Å². The number of carbonyl (C=O) groups excluding carboxylic acids is 2. The van der Waals surface area contributed by atoms with Gasteiger partial charge in [-0.3, -0.25) is 9.59 Å². The third-order valence-corrected chi connectivity index (χ3v) is 6.99. The van der Waals surface area contributed by atoms with E-state index in [-0.39, 0.29) is 6.10 Å². The van der Waals surface area contributed by atoms with Gasteiger partial charge in [-0.25, -0.2) is 0 Å². The van der Waals surface area contributed by atoms with Crippen molar-refractivity contribution in [3.8, 4) is 0 Å². The molecule has 33 heavy (non-hydrogen) atoms. The summed E-state index contributed by atoms with van der Waals surface area (Å²) in [5.74, 6) is -0.822. The molecule has 1 unspecified atom stereocenters. The van der Waals surface area contributed by atoms with Crippen LogP contribution in [0.2, 0.25) is 0 Å². The van der Waals surface area contributed by atoms with Crippen LogP contribution in [0.1, 0.15) is 157 Å². The van der Waals surface area contributed by atoms with Crippen LogP contribution >= 0.6 is 0 Å². The highest BCUT2D eigenvalue weighted by Crippen LogP contribution is 2.31. The fourth-order valence-corrected chi connectivity index (χ4v) is 4.36. The highest BCUT2D eigenvalue weighted by molar-refractivity contribution is 6.00. The molecule has 0 saturated carbocycles. The van der Waals surface area contributed by atoms with Crippen molar-refractivity contribution in [2.45, 2.75) is 163 Å². The molecule has 0 bridgehead atoms. The van der Waals surface area contributed by atoms with Crippen LogP contribution < -0.4 is 0 Å². The summed E-state index contributed by atoms with van der Waals surface area (Å²) in [5.41, 5.74) is -1.16. The van der Waals surface area contributed by atoms with E-state index in [9.17, 15) is 9.59 Å². The molecular weight excluding hydrogens is 412 g/mol. The quantitative estimate of drug-likeness (QED) is 0.0853. The Kier molecular flexibility index (Phi) is 20.8. The molecular formula is C29H56O4. The third-order valence-electron chi connectivity index (χ3n) is 6.99. The molecule has 0 aliphatic carbocycles. The normalized spacial score (nSPS) is 12.5. The molecule has 0 aliphatic heterocycles. The average molecular weight is 469 g/mol. The number of esters is 2. The van der Waals surface area contributed by atoms with Gasteiger partial charge >= 0.3 is 11.9 Å². The fourth-order valence-electron chi connectivity index (χ4n) is 4.36. The van der Waals surface area contributed by atoms with Gasteiger partial charge in [0.1, 0.15) is 0 Å². The molecule has 0 radical (unpaired) electrons. The van der Waals surface area contributed by atoms with Gasteiger partial charge in [0.25, 0.3) is 0 Å².